The molecule has 0 spiro atoms. The second kappa shape index (κ2) is 7.60. The van der Waals surface area contributed by atoms with Crippen molar-refractivity contribution in [2.45, 2.75) is 12.8 Å². The number of H-pyrrole nitrogens is 2. The number of carbonyl (C=O) groups excluding carboxylic acids is 1. The number of imidazole rings is 1. The van der Waals surface area contributed by atoms with Gasteiger partial charge in [-0.15, -0.1) is 0 Å². The number of nitrogens with zero attached hydrogens (tertiary/aromatic N) is 1. The van der Waals surface area contributed by atoms with E-state index in [9.17, 15) is 4.79 Å². The van der Waals surface area contributed by atoms with Crippen molar-refractivity contribution in [3.8, 4) is 0 Å². The van der Waals surface area contributed by atoms with Crippen molar-refractivity contribution in [1.82, 2.24) is 31.1 Å². The van der Waals surface area contributed by atoms with Crippen molar-refractivity contribution in [1.29, 1.82) is 0 Å². The fourth-order valence-electron chi connectivity index (χ4n) is 2.32. The van der Waals surface area contributed by atoms with Gasteiger partial charge in [-0.2, -0.15) is 0 Å². The summed E-state index contributed by atoms with van der Waals surface area (Å²) in [7, 11) is 0. The normalized spacial score (nSPS) is 10.5. The lowest BCUT2D eigenvalue weighted by Gasteiger charge is -2.10. The summed E-state index contributed by atoms with van der Waals surface area (Å²) >= 11 is 5.13. The van der Waals surface area contributed by atoms with Gasteiger partial charge in [-0.05, 0) is 37.2 Å². The first-order chi connectivity index (χ1) is 11.7. The van der Waals surface area contributed by atoms with Crippen LogP contribution in [-0.4, -0.2) is 32.5 Å². The smallest absolute Gasteiger partial charge is 0.286 e. The highest BCUT2D eigenvalue weighted by Gasteiger charge is 2.09. The molecule has 0 bridgehead atoms. The maximum absolute atomic E-state index is 12.1. The van der Waals surface area contributed by atoms with E-state index in [0.717, 1.165) is 29.4 Å². The first-order valence-corrected chi connectivity index (χ1v) is 8.02. The molecule has 8 heteroatoms. The lowest BCUT2D eigenvalue weighted by atomic mass is 10.2. The molecule has 3 aromatic rings. The Morgan fingerprint density at radius 2 is 2.12 bits per heavy atom. The van der Waals surface area contributed by atoms with Gasteiger partial charge in [-0.3, -0.25) is 15.6 Å². The Hall–Kier alpha value is -2.87. The van der Waals surface area contributed by atoms with Crippen molar-refractivity contribution in [2.24, 2.45) is 0 Å². The Morgan fingerprint density at radius 3 is 2.92 bits per heavy atom. The van der Waals surface area contributed by atoms with Crippen LogP contribution in [0.2, 0.25) is 0 Å². The Bertz CT molecular complexity index is 793. The highest BCUT2D eigenvalue weighted by atomic mass is 32.1. The van der Waals surface area contributed by atoms with Gasteiger partial charge >= 0.3 is 0 Å². The van der Waals surface area contributed by atoms with Gasteiger partial charge in [-0.25, -0.2) is 4.98 Å². The second-order valence-electron chi connectivity index (χ2n) is 5.29. The van der Waals surface area contributed by atoms with Gasteiger partial charge in [0.25, 0.3) is 5.91 Å². The Morgan fingerprint density at radius 1 is 1.25 bits per heavy atom. The summed E-state index contributed by atoms with van der Waals surface area (Å²) in [5, 5.41) is 4.41. The number of benzene rings is 1. The molecule has 0 aliphatic heterocycles. The lowest BCUT2D eigenvalue weighted by molar-refractivity contribution is 0.0939. The van der Waals surface area contributed by atoms with E-state index in [4.69, 9.17) is 12.2 Å². The first kappa shape index (κ1) is 16.0. The number of carbonyl (C=O) groups is 1. The SMILES string of the molecule is O=C(NNC(=S)NCCCc1cnc[nH]1)c1cc2ccccc2[nH]1. The van der Waals surface area contributed by atoms with Crippen LogP contribution in [0.25, 0.3) is 10.9 Å². The van der Waals surface area contributed by atoms with Crippen molar-refractivity contribution in [3.63, 3.8) is 0 Å². The molecule has 3 rings (SSSR count). The molecule has 0 radical (unpaired) electrons. The number of hydrogen-bond acceptors (Lipinski definition) is 3. The predicted molar refractivity (Wildman–Crippen MR) is 96.4 cm³/mol. The van der Waals surface area contributed by atoms with Gasteiger partial charge in [0.15, 0.2) is 5.11 Å². The zero-order chi connectivity index (χ0) is 16.8. The molecule has 2 heterocycles. The molecule has 0 unspecified atom stereocenters. The average Bonchev–Trinajstić information content (AvgIpc) is 3.25. The average molecular weight is 342 g/mol. The molecule has 124 valence electrons. The summed E-state index contributed by atoms with van der Waals surface area (Å²) in [6.07, 6.45) is 5.25. The van der Waals surface area contributed by atoms with Crippen LogP contribution >= 0.6 is 12.2 Å². The molecule has 0 saturated carbocycles. The zero-order valence-electron chi connectivity index (χ0n) is 12.9. The first-order valence-electron chi connectivity index (χ1n) is 7.61. The van der Waals surface area contributed by atoms with Gasteiger partial charge in [0, 0.05) is 29.3 Å². The largest absolute Gasteiger partial charge is 0.361 e. The van der Waals surface area contributed by atoms with Crippen LogP contribution in [0.3, 0.4) is 0 Å². The lowest BCUT2D eigenvalue weighted by Crippen LogP contribution is -2.47. The maximum atomic E-state index is 12.1. The molecule has 1 aromatic carbocycles. The minimum absolute atomic E-state index is 0.271. The summed E-state index contributed by atoms with van der Waals surface area (Å²) in [4.78, 5) is 22.2. The third-order valence-electron chi connectivity index (χ3n) is 3.53. The van der Waals surface area contributed by atoms with Gasteiger partial charge in [-0.1, -0.05) is 18.2 Å². The molecule has 24 heavy (non-hydrogen) atoms. The number of amides is 1. The molecule has 5 N–H and O–H groups in total. The van der Waals surface area contributed by atoms with E-state index in [1.807, 2.05) is 24.3 Å². The summed E-state index contributed by atoms with van der Waals surface area (Å²) in [6, 6.07) is 9.51. The van der Waals surface area contributed by atoms with E-state index >= 15 is 0 Å². The number of hydrazine groups is 1. The standard InChI is InChI=1S/C16H18N6OS/c23-15(14-8-11-4-1-2-6-13(11)20-14)21-22-16(24)18-7-3-5-12-9-17-10-19-12/h1-2,4,6,8-10,20H,3,5,7H2,(H,17,19)(H,21,23)(H2,18,22,24). The molecule has 0 aliphatic carbocycles. The fraction of sp³-hybridized carbons (Fsp3) is 0.188. The van der Waals surface area contributed by atoms with E-state index in [0.29, 0.717) is 17.4 Å². The minimum Gasteiger partial charge on any atom is -0.361 e. The van der Waals surface area contributed by atoms with Gasteiger partial charge in [0.1, 0.15) is 5.69 Å². The molecule has 0 saturated heterocycles. The Labute approximate surface area is 144 Å². The minimum atomic E-state index is -0.271. The number of thiocarbonyl (C=S) groups is 1. The quantitative estimate of drug-likeness (QED) is 0.276. The van der Waals surface area contributed by atoms with Crippen LogP contribution in [-0.2, 0) is 6.42 Å². The molecule has 0 atom stereocenters. The zero-order valence-corrected chi connectivity index (χ0v) is 13.7. The van der Waals surface area contributed by atoms with Crippen LogP contribution < -0.4 is 16.2 Å². The van der Waals surface area contributed by atoms with E-state index in [1.54, 1.807) is 18.6 Å². The van der Waals surface area contributed by atoms with E-state index in [2.05, 4.69) is 31.1 Å². The third-order valence-corrected chi connectivity index (χ3v) is 3.77. The number of aromatic nitrogens is 3. The molecular weight excluding hydrogens is 324 g/mol. The second-order valence-corrected chi connectivity index (χ2v) is 5.69. The van der Waals surface area contributed by atoms with Crippen molar-refractivity contribution in [3.05, 3.63) is 54.2 Å². The summed E-state index contributed by atoms with van der Waals surface area (Å²) < 4.78 is 0. The van der Waals surface area contributed by atoms with E-state index in [1.165, 1.54) is 0 Å². The molecule has 2 aromatic heterocycles. The van der Waals surface area contributed by atoms with E-state index < -0.39 is 0 Å². The summed E-state index contributed by atoms with van der Waals surface area (Å²) in [5.74, 6) is -0.271. The maximum Gasteiger partial charge on any atom is 0.286 e. The number of hydrogen-bond donors (Lipinski definition) is 5. The monoisotopic (exact) mass is 342 g/mol. The Balaban J connectivity index is 1.39. The van der Waals surface area contributed by atoms with Crippen molar-refractivity contribution >= 4 is 34.1 Å². The summed E-state index contributed by atoms with van der Waals surface area (Å²) in [6.45, 7) is 0.701. The van der Waals surface area contributed by atoms with Crippen LogP contribution in [0.1, 0.15) is 22.6 Å². The number of rotatable bonds is 5. The van der Waals surface area contributed by atoms with Gasteiger partial charge < -0.3 is 15.3 Å². The number of aryl methyl sites for hydroxylation is 1. The van der Waals surface area contributed by atoms with Crippen LogP contribution in [0.15, 0.2) is 42.9 Å². The summed E-state index contributed by atoms with van der Waals surface area (Å²) in [5.41, 5.74) is 7.76. The number of para-hydroxylation sites is 1. The topological polar surface area (TPSA) is 97.6 Å². The predicted octanol–water partition coefficient (Wildman–Crippen LogP) is 1.63. The van der Waals surface area contributed by atoms with Gasteiger partial charge in [0.05, 0.1) is 6.33 Å². The number of aromatic amines is 2. The van der Waals surface area contributed by atoms with Crippen LogP contribution in [0.5, 0.6) is 0 Å². The fourth-order valence-corrected chi connectivity index (χ4v) is 2.48. The van der Waals surface area contributed by atoms with Gasteiger partial charge in [0.2, 0.25) is 0 Å². The number of fused-ring (bicyclic) bond motifs is 1. The van der Waals surface area contributed by atoms with Crippen LogP contribution in [0.4, 0.5) is 0 Å². The molecular formula is C16H18N6OS. The molecule has 7 nitrogen and oxygen atoms in total. The molecule has 0 fully saturated rings. The molecule has 0 aliphatic rings. The highest BCUT2D eigenvalue weighted by Crippen LogP contribution is 2.14. The van der Waals surface area contributed by atoms with Crippen molar-refractivity contribution < 1.29 is 4.79 Å². The number of nitrogens with one attached hydrogen (secondary N) is 5. The van der Waals surface area contributed by atoms with E-state index in [-0.39, 0.29) is 5.91 Å². The third kappa shape index (κ3) is 4.11. The molecule has 1 amide bonds. The van der Waals surface area contributed by atoms with Crippen LogP contribution in [0, 0.1) is 0 Å². The highest BCUT2D eigenvalue weighted by molar-refractivity contribution is 7.80. The Kier molecular flexibility index (Phi) is 5.07. The van der Waals surface area contributed by atoms with Crippen molar-refractivity contribution in [2.75, 3.05) is 6.54 Å².